The maximum atomic E-state index is 13.6. The summed E-state index contributed by atoms with van der Waals surface area (Å²) in [7, 11) is 0. The molecule has 5 atom stereocenters. The third kappa shape index (κ3) is 2.85. The quantitative estimate of drug-likeness (QED) is 0.281. The lowest BCUT2D eigenvalue weighted by Crippen LogP contribution is -2.34. The third-order valence-corrected chi connectivity index (χ3v) is 10.7. The Bertz CT molecular complexity index is 929. The fraction of sp³-hybridized carbons (Fsp3) is 0.690. The summed E-state index contributed by atoms with van der Waals surface area (Å²) in [6, 6.07) is 0. The number of carbonyl (C=O) groups excluding carboxylic acids is 3. The van der Waals surface area contributed by atoms with Gasteiger partial charge in [-0.1, -0.05) is 59.8 Å². The monoisotopic (exact) mass is 452 g/mol. The molecule has 0 aromatic heterocycles. The molecule has 0 saturated heterocycles. The number of carbonyl (C=O) groups is 3. The number of ketones is 2. The molecule has 0 amide bonds. The Kier molecular flexibility index (Phi) is 5.32. The zero-order valence-corrected chi connectivity index (χ0v) is 21.5. The molecule has 0 spiro atoms. The summed E-state index contributed by atoms with van der Waals surface area (Å²) in [4.78, 5) is 40.8. The van der Waals surface area contributed by atoms with E-state index in [-0.39, 0.29) is 40.8 Å². The highest BCUT2D eigenvalue weighted by Gasteiger charge is 2.66. The zero-order chi connectivity index (χ0) is 24.6. The van der Waals surface area contributed by atoms with Gasteiger partial charge in [0.15, 0.2) is 11.6 Å². The number of esters is 1. The summed E-state index contributed by atoms with van der Waals surface area (Å²) in [5, 5.41) is 0. The molecular formula is C29H40O4. The molecule has 4 fully saturated rings. The fourth-order valence-electron chi connectivity index (χ4n) is 7.61. The van der Waals surface area contributed by atoms with Crippen LogP contribution in [0.25, 0.3) is 0 Å². The predicted octanol–water partition coefficient (Wildman–Crippen LogP) is 6.02. The second-order valence-electron chi connectivity index (χ2n) is 12.4. The first-order chi connectivity index (χ1) is 15.2. The van der Waals surface area contributed by atoms with Gasteiger partial charge in [-0.3, -0.25) is 14.4 Å². The van der Waals surface area contributed by atoms with Gasteiger partial charge in [-0.15, -0.1) is 6.58 Å². The van der Waals surface area contributed by atoms with E-state index < -0.39 is 22.2 Å². The molecule has 4 saturated carbocycles. The van der Waals surface area contributed by atoms with Crippen LogP contribution >= 0.6 is 0 Å². The summed E-state index contributed by atoms with van der Waals surface area (Å²) >= 11 is 0. The van der Waals surface area contributed by atoms with E-state index in [0.29, 0.717) is 6.42 Å². The van der Waals surface area contributed by atoms with Crippen molar-refractivity contribution in [2.24, 2.45) is 38.9 Å². The van der Waals surface area contributed by atoms with E-state index in [2.05, 4.69) is 48.1 Å². The van der Waals surface area contributed by atoms with Crippen molar-refractivity contribution in [3.8, 4) is 0 Å². The van der Waals surface area contributed by atoms with Gasteiger partial charge in [0.25, 0.3) is 0 Å². The molecule has 0 aliphatic heterocycles. The minimum atomic E-state index is -1.19. The van der Waals surface area contributed by atoms with Crippen molar-refractivity contribution >= 4 is 17.5 Å². The number of hydrogen-bond acceptors (Lipinski definition) is 4. The Hall–Kier alpha value is -1.97. The van der Waals surface area contributed by atoms with Crippen LogP contribution in [-0.2, 0) is 19.1 Å². The van der Waals surface area contributed by atoms with Crippen LogP contribution < -0.4 is 0 Å². The zero-order valence-electron chi connectivity index (χ0n) is 21.5. The molecular weight excluding hydrogens is 412 g/mol. The molecule has 0 heterocycles. The smallest absolute Gasteiger partial charge is 0.320 e. The van der Waals surface area contributed by atoms with Crippen molar-refractivity contribution in [1.82, 2.24) is 0 Å². The van der Waals surface area contributed by atoms with E-state index in [4.69, 9.17) is 4.74 Å². The minimum Gasteiger partial charge on any atom is -0.465 e. The highest BCUT2D eigenvalue weighted by Crippen LogP contribution is 2.67. The molecule has 0 aromatic carbocycles. The second kappa shape index (κ2) is 7.26. The van der Waals surface area contributed by atoms with Crippen molar-refractivity contribution in [3.63, 3.8) is 0 Å². The number of fused-ring (bicyclic) bond motifs is 4. The van der Waals surface area contributed by atoms with Gasteiger partial charge in [-0.25, -0.2) is 0 Å². The SMILES string of the molecule is C=CCC(/C=C1\C(=O)[C@@]2(C)CC[C@H]1C2(C)C)(/C=C1\C(=O)[C@@]2(C)CC[C@@H]1C2(C)C)C(=O)OCC. The number of Topliss-reactive ketones (excluding diaryl/α,β-unsaturated/α-hetero) is 2. The molecule has 4 rings (SSSR count). The lowest BCUT2D eigenvalue weighted by atomic mass is 9.70. The van der Waals surface area contributed by atoms with Gasteiger partial charge in [-0.05, 0) is 72.8 Å². The van der Waals surface area contributed by atoms with Gasteiger partial charge < -0.3 is 4.74 Å². The van der Waals surface area contributed by atoms with E-state index in [1.807, 2.05) is 12.2 Å². The van der Waals surface area contributed by atoms with E-state index in [1.165, 1.54) is 0 Å². The molecule has 0 N–H and O–H groups in total. The molecule has 180 valence electrons. The molecule has 4 aliphatic rings. The van der Waals surface area contributed by atoms with Gasteiger partial charge in [0.1, 0.15) is 5.41 Å². The van der Waals surface area contributed by atoms with Crippen LogP contribution in [0.4, 0.5) is 0 Å². The average molecular weight is 453 g/mol. The highest BCUT2D eigenvalue weighted by atomic mass is 16.5. The summed E-state index contributed by atoms with van der Waals surface area (Å²) in [6.45, 7) is 18.8. The first-order valence-corrected chi connectivity index (χ1v) is 12.6. The van der Waals surface area contributed by atoms with Crippen LogP contribution in [0.3, 0.4) is 0 Å². The Morgan fingerprint density at radius 3 is 1.67 bits per heavy atom. The van der Waals surface area contributed by atoms with Crippen LogP contribution in [0, 0.1) is 38.9 Å². The Morgan fingerprint density at radius 2 is 1.36 bits per heavy atom. The Labute approximate surface area is 198 Å². The number of allylic oxidation sites excluding steroid dienone is 3. The molecule has 4 heteroatoms. The maximum Gasteiger partial charge on any atom is 0.320 e. The van der Waals surface area contributed by atoms with Crippen molar-refractivity contribution in [3.05, 3.63) is 36.0 Å². The molecule has 0 aromatic rings. The normalized spacial score (nSPS) is 40.0. The lowest BCUT2D eigenvalue weighted by molar-refractivity contribution is -0.149. The number of hydrogen-bond donors (Lipinski definition) is 0. The third-order valence-electron chi connectivity index (χ3n) is 10.7. The molecule has 4 bridgehead atoms. The van der Waals surface area contributed by atoms with Gasteiger partial charge in [-0.2, -0.15) is 0 Å². The van der Waals surface area contributed by atoms with Gasteiger partial charge in [0.2, 0.25) is 0 Å². The highest BCUT2D eigenvalue weighted by molar-refractivity contribution is 6.07. The Morgan fingerprint density at radius 1 is 0.939 bits per heavy atom. The second-order valence-corrected chi connectivity index (χ2v) is 12.4. The van der Waals surface area contributed by atoms with Crippen LogP contribution in [0.5, 0.6) is 0 Å². The molecule has 33 heavy (non-hydrogen) atoms. The summed E-state index contributed by atoms with van der Waals surface area (Å²) < 4.78 is 5.57. The van der Waals surface area contributed by atoms with Crippen molar-refractivity contribution in [2.45, 2.75) is 80.6 Å². The van der Waals surface area contributed by atoms with Crippen LogP contribution in [0.2, 0.25) is 0 Å². The fourth-order valence-corrected chi connectivity index (χ4v) is 7.61. The van der Waals surface area contributed by atoms with Crippen LogP contribution in [0.15, 0.2) is 36.0 Å². The summed E-state index contributed by atoms with van der Waals surface area (Å²) in [5.74, 6) is 0.105. The molecule has 4 nitrogen and oxygen atoms in total. The average Bonchev–Trinajstić information content (AvgIpc) is 3.21. The van der Waals surface area contributed by atoms with E-state index >= 15 is 0 Å². The Balaban J connectivity index is 1.91. The summed E-state index contributed by atoms with van der Waals surface area (Å²) in [6.07, 6.45) is 9.38. The van der Waals surface area contributed by atoms with Crippen molar-refractivity contribution < 1.29 is 19.1 Å². The minimum absolute atomic E-state index is 0.108. The van der Waals surface area contributed by atoms with Gasteiger partial charge >= 0.3 is 5.97 Å². The van der Waals surface area contributed by atoms with E-state index in [9.17, 15) is 14.4 Å². The largest absolute Gasteiger partial charge is 0.465 e. The summed E-state index contributed by atoms with van der Waals surface area (Å²) in [5.41, 5.74) is -0.860. The topological polar surface area (TPSA) is 60.4 Å². The molecule has 0 radical (unpaired) electrons. The standard InChI is InChI=1S/C29H40O4/c1-9-13-29(24(32)33-10-2,16-18-20-11-14-27(7,22(18)30)25(20,3)4)17-19-21-12-15-28(8,23(19)31)26(21,5)6/h9,16-17,20-21H,1,10-15H2,2-8H3/b18-16-,19-17-/t20-,21+,27-,28-,29?/m1/s1. The molecule has 1 unspecified atom stereocenters. The first-order valence-electron chi connectivity index (χ1n) is 12.6. The van der Waals surface area contributed by atoms with Crippen LogP contribution in [0.1, 0.15) is 80.6 Å². The number of rotatable bonds is 6. The van der Waals surface area contributed by atoms with Crippen LogP contribution in [-0.4, -0.2) is 24.1 Å². The van der Waals surface area contributed by atoms with Crippen molar-refractivity contribution in [2.75, 3.05) is 6.61 Å². The first kappa shape index (κ1) is 24.2. The molecule has 4 aliphatic carbocycles. The van der Waals surface area contributed by atoms with Crippen molar-refractivity contribution in [1.29, 1.82) is 0 Å². The van der Waals surface area contributed by atoms with Gasteiger partial charge in [0.05, 0.1) is 6.61 Å². The maximum absolute atomic E-state index is 13.6. The lowest BCUT2D eigenvalue weighted by Gasteiger charge is -2.31. The van der Waals surface area contributed by atoms with E-state index in [0.717, 1.165) is 36.8 Å². The number of ether oxygens (including phenoxy) is 1. The van der Waals surface area contributed by atoms with E-state index in [1.54, 1.807) is 13.0 Å². The predicted molar refractivity (Wildman–Crippen MR) is 129 cm³/mol. The van der Waals surface area contributed by atoms with Gasteiger partial charge in [0, 0.05) is 10.8 Å².